The van der Waals surface area contributed by atoms with Crippen LogP contribution in [0.15, 0.2) is 36.9 Å². The van der Waals surface area contributed by atoms with E-state index in [-0.39, 0.29) is 35.7 Å². The minimum atomic E-state index is -0.264. The van der Waals surface area contributed by atoms with Gasteiger partial charge >= 0.3 is 0 Å². The van der Waals surface area contributed by atoms with Gasteiger partial charge in [-0.1, -0.05) is 12.8 Å². The molecule has 0 aliphatic carbocycles. The molecule has 0 unspecified atom stereocenters. The second-order valence-electron chi connectivity index (χ2n) is 5.79. The van der Waals surface area contributed by atoms with E-state index in [1.54, 1.807) is 0 Å². The zero-order chi connectivity index (χ0) is 18.8. The Morgan fingerprint density at radius 3 is 1.52 bits per heavy atom. The molecular weight excluding hydrogens is 372 g/mol. The highest BCUT2D eigenvalue weighted by Crippen LogP contribution is 2.09. The topological polar surface area (TPSA) is 124 Å². The van der Waals surface area contributed by atoms with Crippen LogP contribution in [0.1, 0.15) is 46.4 Å². The second-order valence-corrected chi connectivity index (χ2v) is 5.79. The molecule has 0 aliphatic rings. The first-order valence-electron chi connectivity index (χ1n) is 8.40. The van der Waals surface area contributed by atoms with Crippen LogP contribution >= 0.6 is 12.4 Å². The Labute approximate surface area is 163 Å². The largest absolute Gasteiger partial charge is 0.506 e. The molecule has 2 amide bonds. The van der Waals surface area contributed by atoms with Crippen LogP contribution in [0.5, 0.6) is 11.5 Å². The molecule has 27 heavy (non-hydrogen) atoms. The van der Waals surface area contributed by atoms with E-state index in [0.717, 1.165) is 25.7 Å². The van der Waals surface area contributed by atoms with Gasteiger partial charge in [-0.2, -0.15) is 0 Å². The van der Waals surface area contributed by atoms with E-state index in [4.69, 9.17) is 0 Å². The molecule has 0 bridgehead atoms. The molecule has 9 heteroatoms. The molecule has 2 aromatic rings. The molecule has 2 heterocycles. The van der Waals surface area contributed by atoms with Crippen molar-refractivity contribution in [3.05, 3.63) is 48.0 Å². The molecule has 0 atom stereocenters. The zero-order valence-electron chi connectivity index (χ0n) is 14.7. The third-order valence-corrected chi connectivity index (χ3v) is 3.65. The van der Waals surface area contributed by atoms with Crippen LogP contribution in [0.3, 0.4) is 0 Å². The van der Waals surface area contributed by atoms with Crippen molar-refractivity contribution in [3.63, 3.8) is 0 Å². The van der Waals surface area contributed by atoms with Crippen molar-refractivity contribution in [2.45, 2.75) is 25.7 Å². The van der Waals surface area contributed by atoms with Crippen LogP contribution in [0.4, 0.5) is 0 Å². The number of rotatable bonds is 9. The number of carbonyl (C=O) groups excluding carboxylic acids is 2. The van der Waals surface area contributed by atoms with Crippen LogP contribution in [0.25, 0.3) is 0 Å². The van der Waals surface area contributed by atoms with Gasteiger partial charge in [-0.3, -0.25) is 19.6 Å². The Morgan fingerprint density at radius 1 is 0.741 bits per heavy atom. The number of pyridine rings is 2. The second kappa shape index (κ2) is 11.7. The summed E-state index contributed by atoms with van der Waals surface area (Å²) >= 11 is 0. The zero-order valence-corrected chi connectivity index (χ0v) is 15.5. The smallest absolute Gasteiger partial charge is 0.252 e. The molecular formula is C18H23ClN4O4. The van der Waals surface area contributed by atoms with Gasteiger partial charge in [0.2, 0.25) is 0 Å². The van der Waals surface area contributed by atoms with Crippen molar-refractivity contribution in [2.24, 2.45) is 0 Å². The number of amides is 2. The van der Waals surface area contributed by atoms with Gasteiger partial charge in [0.15, 0.2) is 0 Å². The van der Waals surface area contributed by atoms with Crippen molar-refractivity contribution in [3.8, 4) is 11.5 Å². The Balaban J connectivity index is 0.00000364. The van der Waals surface area contributed by atoms with E-state index in [1.807, 2.05) is 0 Å². The van der Waals surface area contributed by atoms with Gasteiger partial charge in [0, 0.05) is 25.5 Å². The predicted molar refractivity (Wildman–Crippen MR) is 102 cm³/mol. The lowest BCUT2D eigenvalue weighted by molar-refractivity contribution is 0.0942. The third kappa shape index (κ3) is 7.91. The highest BCUT2D eigenvalue weighted by atomic mass is 35.5. The molecule has 2 rings (SSSR count). The van der Waals surface area contributed by atoms with Gasteiger partial charge in [0.05, 0.1) is 23.5 Å². The summed E-state index contributed by atoms with van der Waals surface area (Å²) in [5.41, 5.74) is 0.656. The molecule has 0 fully saturated rings. The van der Waals surface area contributed by atoms with Crippen LogP contribution in [-0.2, 0) is 0 Å². The van der Waals surface area contributed by atoms with Gasteiger partial charge < -0.3 is 20.8 Å². The lowest BCUT2D eigenvalue weighted by Gasteiger charge is -2.06. The fourth-order valence-corrected chi connectivity index (χ4v) is 2.32. The highest BCUT2D eigenvalue weighted by molar-refractivity contribution is 5.94. The van der Waals surface area contributed by atoms with E-state index in [0.29, 0.717) is 24.2 Å². The van der Waals surface area contributed by atoms with Gasteiger partial charge in [0.25, 0.3) is 11.8 Å². The molecule has 4 N–H and O–H groups in total. The fraction of sp³-hybridized carbons (Fsp3) is 0.333. The summed E-state index contributed by atoms with van der Waals surface area (Å²) in [5, 5.41) is 24.1. The molecule has 0 aliphatic heterocycles. The number of nitrogens with one attached hydrogen (secondary N) is 2. The lowest BCUT2D eigenvalue weighted by Crippen LogP contribution is -2.25. The van der Waals surface area contributed by atoms with Gasteiger partial charge in [-0.25, -0.2) is 0 Å². The maximum atomic E-state index is 11.8. The summed E-state index contributed by atoms with van der Waals surface area (Å²) in [4.78, 5) is 31.2. The molecule has 0 saturated carbocycles. The summed E-state index contributed by atoms with van der Waals surface area (Å²) in [7, 11) is 0. The summed E-state index contributed by atoms with van der Waals surface area (Å²) in [6.45, 7) is 1.08. The molecule has 8 nitrogen and oxygen atoms in total. The predicted octanol–water partition coefficient (Wildman–Crippen LogP) is 2.03. The number of carbonyl (C=O) groups is 2. The van der Waals surface area contributed by atoms with E-state index in [2.05, 4.69) is 20.6 Å². The van der Waals surface area contributed by atoms with E-state index < -0.39 is 0 Å². The number of hydrogen-bond donors (Lipinski definition) is 4. The average Bonchev–Trinajstić information content (AvgIpc) is 2.63. The summed E-state index contributed by atoms with van der Waals surface area (Å²) in [6.07, 6.45) is 8.83. The number of nitrogens with zero attached hydrogens (tertiary/aromatic N) is 2. The Hall–Kier alpha value is -2.87. The minimum Gasteiger partial charge on any atom is -0.506 e. The first-order valence-corrected chi connectivity index (χ1v) is 8.40. The molecule has 146 valence electrons. The quantitative estimate of drug-likeness (QED) is 0.482. The van der Waals surface area contributed by atoms with E-state index in [9.17, 15) is 19.8 Å². The Bertz CT molecular complexity index is 694. The third-order valence-electron chi connectivity index (χ3n) is 3.65. The first-order chi connectivity index (χ1) is 12.6. The summed E-state index contributed by atoms with van der Waals surface area (Å²) in [6, 6.07) is 2.74. The number of aromatic nitrogens is 2. The van der Waals surface area contributed by atoms with Gasteiger partial charge in [-0.15, -0.1) is 12.4 Å². The number of unbranched alkanes of at least 4 members (excludes halogenated alkanes) is 3. The molecule has 0 spiro atoms. The number of halogens is 1. The SMILES string of the molecule is Cl.O=C(NCCCCCCNC(=O)c1cncc(O)c1)c1cncc(O)c1. The van der Waals surface area contributed by atoms with E-state index >= 15 is 0 Å². The van der Waals surface area contributed by atoms with Gasteiger partial charge in [-0.05, 0) is 25.0 Å². The molecule has 0 saturated heterocycles. The summed E-state index contributed by atoms with van der Waals surface area (Å²) in [5.74, 6) is -0.608. The molecule has 2 aromatic heterocycles. The maximum Gasteiger partial charge on any atom is 0.252 e. The van der Waals surface area contributed by atoms with Gasteiger partial charge in [0.1, 0.15) is 11.5 Å². The van der Waals surface area contributed by atoms with Crippen molar-refractivity contribution in [1.29, 1.82) is 0 Å². The first kappa shape index (κ1) is 22.2. The highest BCUT2D eigenvalue weighted by Gasteiger charge is 2.07. The van der Waals surface area contributed by atoms with Crippen LogP contribution in [-0.4, -0.2) is 45.1 Å². The van der Waals surface area contributed by atoms with E-state index in [1.165, 1.54) is 36.9 Å². The van der Waals surface area contributed by atoms with Crippen LogP contribution < -0.4 is 10.6 Å². The standard InChI is InChI=1S/C18H22N4O4.ClH/c23-15-7-13(9-19-11-15)17(25)21-5-3-1-2-4-6-22-18(26)14-8-16(24)12-20-10-14;/h7-12,23-24H,1-6H2,(H,21,25)(H,22,26);1H. The molecule has 0 aromatic carbocycles. The average molecular weight is 395 g/mol. The van der Waals surface area contributed by atoms with Crippen molar-refractivity contribution >= 4 is 24.2 Å². The Kier molecular flexibility index (Phi) is 9.60. The number of hydrogen-bond acceptors (Lipinski definition) is 6. The summed E-state index contributed by atoms with van der Waals surface area (Å²) < 4.78 is 0. The normalized spacial score (nSPS) is 9.93. The van der Waals surface area contributed by atoms with Crippen LogP contribution in [0, 0.1) is 0 Å². The van der Waals surface area contributed by atoms with Crippen molar-refractivity contribution in [1.82, 2.24) is 20.6 Å². The fourth-order valence-electron chi connectivity index (χ4n) is 2.32. The maximum absolute atomic E-state index is 11.8. The van der Waals surface area contributed by atoms with Crippen LogP contribution in [0.2, 0.25) is 0 Å². The lowest BCUT2D eigenvalue weighted by atomic mass is 10.2. The van der Waals surface area contributed by atoms with Crippen molar-refractivity contribution < 1.29 is 19.8 Å². The monoisotopic (exact) mass is 394 g/mol. The molecule has 0 radical (unpaired) electrons. The number of aromatic hydroxyl groups is 2. The Morgan fingerprint density at radius 2 is 1.15 bits per heavy atom. The minimum absolute atomic E-state index is 0. The van der Waals surface area contributed by atoms with Crippen molar-refractivity contribution in [2.75, 3.05) is 13.1 Å².